The van der Waals surface area contributed by atoms with Crippen LogP contribution in [0.5, 0.6) is 0 Å². The van der Waals surface area contributed by atoms with Gasteiger partial charge in [-0.3, -0.25) is 14.5 Å². The summed E-state index contributed by atoms with van der Waals surface area (Å²) >= 11 is 0. The van der Waals surface area contributed by atoms with Gasteiger partial charge in [-0.2, -0.15) is 0 Å². The molecule has 0 radical (unpaired) electrons. The molecule has 1 aliphatic rings. The molecule has 0 unspecified atom stereocenters. The van der Waals surface area contributed by atoms with Gasteiger partial charge in [0.15, 0.2) is 0 Å². The third kappa shape index (κ3) is 4.13. The van der Waals surface area contributed by atoms with E-state index in [-0.39, 0.29) is 30.4 Å². The topological polar surface area (TPSA) is 85.5 Å². The smallest absolute Gasteiger partial charge is 0.325 e. The molecule has 3 atom stereocenters. The first-order valence-electron chi connectivity index (χ1n) is 10.3. The molecule has 1 aliphatic heterocycles. The number of para-hydroxylation sites is 1. The van der Waals surface area contributed by atoms with Crippen LogP contribution in [0.2, 0.25) is 0 Å². The fourth-order valence-corrected chi connectivity index (χ4v) is 3.92. The number of H-pyrrole nitrogens is 1. The third-order valence-electron chi connectivity index (χ3n) is 5.92. The number of nitrogens with one attached hydrogen (secondary N) is 2. The molecule has 3 rings (SSSR count). The first-order chi connectivity index (χ1) is 13.9. The number of urea groups is 1. The maximum absolute atomic E-state index is 12.9. The van der Waals surface area contributed by atoms with Crippen LogP contribution in [0.1, 0.15) is 46.1 Å². The van der Waals surface area contributed by atoms with Crippen LogP contribution in [0.3, 0.4) is 0 Å². The number of aromatic amines is 1. The summed E-state index contributed by atoms with van der Waals surface area (Å²) in [4.78, 5) is 44.3. The highest BCUT2D eigenvalue weighted by Gasteiger charge is 2.40. The van der Waals surface area contributed by atoms with Gasteiger partial charge < -0.3 is 15.2 Å². The summed E-state index contributed by atoms with van der Waals surface area (Å²) in [5.74, 6) is -0.535. The Morgan fingerprint density at radius 1 is 1.14 bits per heavy atom. The Bertz CT molecular complexity index is 896. The van der Waals surface area contributed by atoms with Crippen LogP contribution in [-0.2, 0) is 16.0 Å². The highest BCUT2D eigenvalue weighted by Crippen LogP contribution is 2.21. The number of hydrogen-bond acceptors (Lipinski definition) is 3. The molecule has 2 heterocycles. The van der Waals surface area contributed by atoms with Crippen molar-refractivity contribution in [2.24, 2.45) is 0 Å². The predicted octanol–water partition coefficient (Wildman–Crippen LogP) is 3.06. The van der Waals surface area contributed by atoms with Gasteiger partial charge in [-0.15, -0.1) is 0 Å². The lowest BCUT2D eigenvalue weighted by atomic mass is 10.1. The van der Waals surface area contributed by atoms with Gasteiger partial charge in [-0.25, -0.2) is 4.79 Å². The summed E-state index contributed by atoms with van der Waals surface area (Å²) in [7, 11) is 0. The average Bonchev–Trinajstić information content (AvgIpc) is 3.24. The number of nitrogens with zero attached hydrogens (tertiary/aromatic N) is 2. The van der Waals surface area contributed by atoms with Crippen molar-refractivity contribution in [2.45, 2.75) is 65.1 Å². The molecule has 1 fully saturated rings. The fraction of sp³-hybridized carbons (Fsp3) is 0.500. The molecule has 7 heteroatoms. The van der Waals surface area contributed by atoms with Crippen LogP contribution in [0, 0.1) is 0 Å². The molecule has 2 N–H and O–H groups in total. The molecule has 0 bridgehead atoms. The molecule has 0 saturated carbocycles. The number of carbonyl (C=O) groups excluding carboxylic acids is 3. The van der Waals surface area contributed by atoms with E-state index in [0.29, 0.717) is 6.42 Å². The minimum absolute atomic E-state index is 0.0558. The number of hydrogen-bond donors (Lipinski definition) is 2. The fourth-order valence-electron chi connectivity index (χ4n) is 3.92. The van der Waals surface area contributed by atoms with Crippen molar-refractivity contribution < 1.29 is 14.4 Å². The van der Waals surface area contributed by atoms with Crippen molar-refractivity contribution in [3.8, 4) is 0 Å². The first kappa shape index (κ1) is 20.9. The second-order valence-corrected chi connectivity index (χ2v) is 7.81. The van der Waals surface area contributed by atoms with E-state index in [0.717, 1.165) is 34.2 Å². The second kappa shape index (κ2) is 8.68. The molecule has 156 valence electrons. The SMILES string of the molecule is CC[C@H](C)N(C(=O)CN1C(=O)N[C@@H](Cc2c[nH]c3ccccc23)C1=O)[C@@H](C)CC. The molecule has 1 saturated heterocycles. The first-order valence-corrected chi connectivity index (χ1v) is 10.3. The Balaban J connectivity index is 1.72. The van der Waals surface area contributed by atoms with Crippen LogP contribution in [0.25, 0.3) is 10.9 Å². The third-order valence-corrected chi connectivity index (χ3v) is 5.92. The summed E-state index contributed by atoms with van der Waals surface area (Å²) in [5.41, 5.74) is 1.96. The van der Waals surface area contributed by atoms with Crippen LogP contribution >= 0.6 is 0 Å². The standard InChI is InChI=1S/C22H30N4O3/c1-5-14(3)26(15(4)6-2)20(27)13-25-21(28)19(24-22(25)29)11-16-12-23-18-10-8-7-9-17(16)18/h7-10,12,14-15,19,23H,5-6,11,13H2,1-4H3,(H,24,29)/t14-,15-,19-/m0/s1. The monoisotopic (exact) mass is 398 g/mol. The van der Waals surface area contributed by atoms with E-state index >= 15 is 0 Å². The van der Waals surface area contributed by atoms with Crippen molar-refractivity contribution in [1.82, 2.24) is 20.1 Å². The summed E-state index contributed by atoms with van der Waals surface area (Å²) in [6, 6.07) is 6.80. The number of benzene rings is 1. The number of rotatable bonds is 8. The number of fused-ring (bicyclic) bond motifs is 1. The van der Waals surface area contributed by atoms with E-state index in [1.165, 1.54) is 0 Å². The van der Waals surface area contributed by atoms with Crippen LogP contribution in [0.15, 0.2) is 30.5 Å². The Kier molecular flexibility index (Phi) is 6.25. The Hall–Kier alpha value is -2.83. The number of carbonyl (C=O) groups is 3. The van der Waals surface area contributed by atoms with E-state index < -0.39 is 12.1 Å². The minimum atomic E-state index is -0.657. The number of aromatic nitrogens is 1. The molecule has 29 heavy (non-hydrogen) atoms. The van der Waals surface area contributed by atoms with Crippen LogP contribution < -0.4 is 5.32 Å². The zero-order valence-corrected chi connectivity index (χ0v) is 17.6. The summed E-state index contributed by atoms with van der Waals surface area (Å²) in [6.07, 6.45) is 3.89. The Morgan fingerprint density at radius 2 is 1.79 bits per heavy atom. The number of amides is 4. The van der Waals surface area contributed by atoms with E-state index in [2.05, 4.69) is 10.3 Å². The highest BCUT2D eigenvalue weighted by atomic mass is 16.2. The normalized spacial score (nSPS) is 18.8. The molecule has 4 amide bonds. The Morgan fingerprint density at radius 3 is 2.45 bits per heavy atom. The zero-order valence-electron chi connectivity index (χ0n) is 17.6. The van der Waals surface area contributed by atoms with Gasteiger partial charge in [-0.1, -0.05) is 32.0 Å². The van der Waals surface area contributed by atoms with Gasteiger partial charge in [0, 0.05) is 35.6 Å². The maximum atomic E-state index is 12.9. The molecule has 7 nitrogen and oxygen atoms in total. The molecule has 0 aliphatic carbocycles. The van der Waals surface area contributed by atoms with Crippen molar-refractivity contribution in [2.75, 3.05) is 6.54 Å². The number of imide groups is 1. The minimum Gasteiger partial charge on any atom is -0.361 e. The lowest BCUT2D eigenvalue weighted by Crippen LogP contribution is -2.50. The molecular weight excluding hydrogens is 368 g/mol. The average molecular weight is 399 g/mol. The van der Waals surface area contributed by atoms with Gasteiger partial charge in [0.1, 0.15) is 12.6 Å². The molecule has 0 spiro atoms. The zero-order chi connectivity index (χ0) is 21.1. The van der Waals surface area contributed by atoms with Crippen molar-refractivity contribution in [3.05, 3.63) is 36.0 Å². The van der Waals surface area contributed by atoms with Crippen LogP contribution in [0.4, 0.5) is 4.79 Å². The van der Waals surface area contributed by atoms with Gasteiger partial charge in [-0.05, 0) is 38.3 Å². The van der Waals surface area contributed by atoms with Gasteiger partial charge in [0.2, 0.25) is 5.91 Å². The molecular formula is C22H30N4O3. The predicted molar refractivity (Wildman–Crippen MR) is 112 cm³/mol. The van der Waals surface area contributed by atoms with E-state index in [1.807, 2.05) is 58.2 Å². The maximum Gasteiger partial charge on any atom is 0.325 e. The van der Waals surface area contributed by atoms with Gasteiger partial charge >= 0.3 is 6.03 Å². The quantitative estimate of drug-likeness (QED) is 0.670. The lowest BCUT2D eigenvalue weighted by Gasteiger charge is -2.34. The Labute approximate surface area is 171 Å². The lowest BCUT2D eigenvalue weighted by molar-refractivity contribution is -0.140. The summed E-state index contributed by atoms with van der Waals surface area (Å²) < 4.78 is 0. The van der Waals surface area contributed by atoms with E-state index in [1.54, 1.807) is 4.90 Å². The van der Waals surface area contributed by atoms with Crippen LogP contribution in [-0.4, -0.2) is 57.3 Å². The highest BCUT2D eigenvalue weighted by molar-refractivity contribution is 6.06. The van der Waals surface area contributed by atoms with Crippen molar-refractivity contribution in [3.63, 3.8) is 0 Å². The summed E-state index contributed by atoms with van der Waals surface area (Å²) in [6.45, 7) is 7.83. The second-order valence-electron chi connectivity index (χ2n) is 7.81. The molecule has 2 aromatic rings. The van der Waals surface area contributed by atoms with Crippen molar-refractivity contribution >= 4 is 28.7 Å². The largest absolute Gasteiger partial charge is 0.361 e. The van der Waals surface area contributed by atoms with Crippen molar-refractivity contribution in [1.29, 1.82) is 0 Å². The molecule has 1 aromatic carbocycles. The molecule has 1 aromatic heterocycles. The summed E-state index contributed by atoms with van der Waals surface area (Å²) in [5, 5.41) is 3.77. The van der Waals surface area contributed by atoms with Gasteiger partial charge in [0.25, 0.3) is 5.91 Å². The van der Waals surface area contributed by atoms with E-state index in [9.17, 15) is 14.4 Å². The van der Waals surface area contributed by atoms with Gasteiger partial charge in [0.05, 0.1) is 0 Å². The van der Waals surface area contributed by atoms with E-state index in [4.69, 9.17) is 0 Å².